The molecule has 2 aromatic rings. The van der Waals surface area contributed by atoms with Crippen LogP contribution in [0.4, 0.5) is 5.82 Å². The van der Waals surface area contributed by atoms with E-state index in [0.29, 0.717) is 13.2 Å². The molecule has 0 fully saturated rings. The maximum atomic E-state index is 5.68. The van der Waals surface area contributed by atoms with Crippen molar-refractivity contribution in [3.63, 3.8) is 0 Å². The van der Waals surface area contributed by atoms with Crippen LogP contribution in [0.5, 0.6) is 5.75 Å². The van der Waals surface area contributed by atoms with E-state index in [-0.39, 0.29) is 0 Å². The van der Waals surface area contributed by atoms with Crippen LogP contribution in [0.15, 0.2) is 36.7 Å². The van der Waals surface area contributed by atoms with E-state index in [1.165, 1.54) is 0 Å². The van der Waals surface area contributed by atoms with Crippen LogP contribution in [0.3, 0.4) is 0 Å². The Bertz CT molecular complexity index is 514. The number of para-hydroxylation sites is 1. The summed E-state index contributed by atoms with van der Waals surface area (Å²) in [6.45, 7) is 5.30. The monoisotopic (exact) mass is 243 g/mol. The number of nitrogens with zero attached hydrogens (tertiary/aromatic N) is 2. The summed E-state index contributed by atoms with van der Waals surface area (Å²) >= 11 is 0. The molecular formula is C14H17N3O. The van der Waals surface area contributed by atoms with Crippen molar-refractivity contribution in [2.24, 2.45) is 0 Å². The second-order valence-corrected chi connectivity index (χ2v) is 4.09. The van der Waals surface area contributed by atoms with Crippen LogP contribution in [0.1, 0.15) is 11.3 Å². The molecule has 0 atom stereocenters. The minimum absolute atomic E-state index is 0.605. The molecule has 1 aromatic carbocycles. The van der Waals surface area contributed by atoms with E-state index in [1.807, 2.05) is 44.2 Å². The molecule has 4 nitrogen and oxygen atoms in total. The van der Waals surface area contributed by atoms with Crippen LogP contribution in [0, 0.1) is 13.8 Å². The van der Waals surface area contributed by atoms with Gasteiger partial charge in [0.25, 0.3) is 0 Å². The SMILES string of the molecule is Cc1cc(NCCOc2ccccc2C)ncn1. The maximum Gasteiger partial charge on any atom is 0.129 e. The first-order valence-corrected chi connectivity index (χ1v) is 5.96. The second-order valence-electron chi connectivity index (χ2n) is 4.09. The topological polar surface area (TPSA) is 47.0 Å². The summed E-state index contributed by atoms with van der Waals surface area (Å²) in [4.78, 5) is 8.17. The molecule has 0 spiro atoms. The van der Waals surface area contributed by atoms with Crippen molar-refractivity contribution in [3.05, 3.63) is 47.9 Å². The second kappa shape index (κ2) is 6.00. The molecule has 1 N–H and O–H groups in total. The third-order valence-electron chi connectivity index (χ3n) is 2.56. The summed E-state index contributed by atoms with van der Waals surface area (Å²) in [5.41, 5.74) is 2.10. The number of benzene rings is 1. The Hall–Kier alpha value is -2.10. The van der Waals surface area contributed by atoms with Crippen molar-refractivity contribution < 1.29 is 4.74 Å². The first kappa shape index (κ1) is 12.4. The van der Waals surface area contributed by atoms with E-state index in [4.69, 9.17) is 4.74 Å². The van der Waals surface area contributed by atoms with Crippen molar-refractivity contribution in [2.45, 2.75) is 13.8 Å². The number of hydrogen-bond acceptors (Lipinski definition) is 4. The molecule has 2 rings (SSSR count). The van der Waals surface area contributed by atoms with E-state index in [2.05, 4.69) is 15.3 Å². The van der Waals surface area contributed by atoms with Gasteiger partial charge in [-0.1, -0.05) is 18.2 Å². The van der Waals surface area contributed by atoms with Crippen molar-refractivity contribution in [3.8, 4) is 5.75 Å². The highest BCUT2D eigenvalue weighted by Crippen LogP contribution is 2.15. The van der Waals surface area contributed by atoms with Gasteiger partial charge in [-0.3, -0.25) is 0 Å². The molecule has 0 saturated carbocycles. The standard InChI is InChI=1S/C14H17N3O/c1-11-5-3-4-6-13(11)18-8-7-15-14-9-12(2)16-10-17-14/h3-6,9-10H,7-8H2,1-2H3,(H,15,16,17). The fourth-order valence-corrected chi connectivity index (χ4v) is 1.61. The zero-order valence-electron chi connectivity index (χ0n) is 10.7. The van der Waals surface area contributed by atoms with Crippen LogP contribution in [0.25, 0.3) is 0 Å². The number of aromatic nitrogens is 2. The number of rotatable bonds is 5. The molecule has 1 heterocycles. The summed E-state index contributed by atoms with van der Waals surface area (Å²) in [6.07, 6.45) is 1.56. The molecule has 0 unspecified atom stereocenters. The molecule has 0 aliphatic rings. The zero-order chi connectivity index (χ0) is 12.8. The Morgan fingerprint density at radius 3 is 2.78 bits per heavy atom. The lowest BCUT2D eigenvalue weighted by Crippen LogP contribution is -2.12. The molecule has 4 heteroatoms. The number of ether oxygens (including phenoxy) is 1. The zero-order valence-corrected chi connectivity index (χ0v) is 10.7. The number of aryl methyl sites for hydroxylation is 2. The van der Waals surface area contributed by atoms with Crippen LogP contribution < -0.4 is 10.1 Å². The van der Waals surface area contributed by atoms with Gasteiger partial charge >= 0.3 is 0 Å². The molecule has 0 aliphatic carbocycles. The lowest BCUT2D eigenvalue weighted by molar-refractivity contribution is 0.330. The van der Waals surface area contributed by atoms with Crippen LogP contribution in [-0.2, 0) is 0 Å². The fourth-order valence-electron chi connectivity index (χ4n) is 1.61. The van der Waals surface area contributed by atoms with Gasteiger partial charge in [0.2, 0.25) is 0 Å². The van der Waals surface area contributed by atoms with E-state index in [0.717, 1.165) is 22.8 Å². The quantitative estimate of drug-likeness (QED) is 0.820. The van der Waals surface area contributed by atoms with Crippen molar-refractivity contribution in [2.75, 3.05) is 18.5 Å². The predicted molar refractivity (Wildman–Crippen MR) is 71.9 cm³/mol. The van der Waals surface area contributed by atoms with Gasteiger partial charge in [-0.2, -0.15) is 0 Å². The van der Waals surface area contributed by atoms with Gasteiger partial charge in [-0.15, -0.1) is 0 Å². The molecule has 0 saturated heterocycles. The number of hydrogen-bond donors (Lipinski definition) is 1. The van der Waals surface area contributed by atoms with E-state index in [9.17, 15) is 0 Å². The Morgan fingerprint density at radius 1 is 1.17 bits per heavy atom. The molecule has 0 bridgehead atoms. The Balaban J connectivity index is 1.78. The highest BCUT2D eigenvalue weighted by molar-refractivity contribution is 5.34. The molecular weight excluding hydrogens is 226 g/mol. The van der Waals surface area contributed by atoms with E-state index >= 15 is 0 Å². The summed E-state index contributed by atoms with van der Waals surface area (Å²) in [7, 11) is 0. The summed E-state index contributed by atoms with van der Waals surface area (Å²) < 4.78 is 5.68. The molecule has 1 aromatic heterocycles. The number of anilines is 1. The highest BCUT2D eigenvalue weighted by Gasteiger charge is 1.98. The van der Waals surface area contributed by atoms with Crippen molar-refractivity contribution in [1.82, 2.24) is 9.97 Å². The van der Waals surface area contributed by atoms with Gasteiger partial charge in [0, 0.05) is 11.8 Å². The van der Waals surface area contributed by atoms with Gasteiger partial charge in [0.1, 0.15) is 24.5 Å². The summed E-state index contributed by atoms with van der Waals surface area (Å²) in [5, 5.41) is 3.20. The summed E-state index contributed by atoms with van der Waals surface area (Å²) in [5.74, 6) is 1.76. The van der Waals surface area contributed by atoms with Crippen LogP contribution in [0.2, 0.25) is 0 Å². The van der Waals surface area contributed by atoms with Gasteiger partial charge in [0.05, 0.1) is 6.54 Å². The molecule has 94 valence electrons. The first-order chi connectivity index (χ1) is 8.75. The highest BCUT2D eigenvalue weighted by atomic mass is 16.5. The fraction of sp³-hybridized carbons (Fsp3) is 0.286. The van der Waals surface area contributed by atoms with Gasteiger partial charge < -0.3 is 10.1 Å². The lowest BCUT2D eigenvalue weighted by Gasteiger charge is -2.09. The number of nitrogens with one attached hydrogen (secondary N) is 1. The first-order valence-electron chi connectivity index (χ1n) is 5.96. The van der Waals surface area contributed by atoms with Crippen LogP contribution >= 0.6 is 0 Å². The average molecular weight is 243 g/mol. The molecule has 0 aliphatic heterocycles. The third kappa shape index (κ3) is 3.45. The predicted octanol–water partition coefficient (Wildman–Crippen LogP) is 2.58. The smallest absolute Gasteiger partial charge is 0.129 e. The van der Waals surface area contributed by atoms with E-state index in [1.54, 1.807) is 6.33 Å². The van der Waals surface area contributed by atoms with Crippen molar-refractivity contribution >= 4 is 5.82 Å². The lowest BCUT2D eigenvalue weighted by atomic mass is 10.2. The van der Waals surface area contributed by atoms with Gasteiger partial charge in [-0.05, 0) is 25.5 Å². The molecule has 0 amide bonds. The molecule has 18 heavy (non-hydrogen) atoms. The molecule has 0 radical (unpaired) electrons. The third-order valence-corrected chi connectivity index (χ3v) is 2.56. The Morgan fingerprint density at radius 2 is 2.00 bits per heavy atom. The van der Waals surface area contributed by atoms with Gasteiger partial charge in [0.15, 0.2) is 0 Å². The van der Waals surface area contributed by atoms with E-state index < -0.39 is 0 Å². The average Bonchev–Trinajstić information content (AvgIpc) is 2.37. The Kier molecular flexibility index (Phi) is 4.12. The Labute approximate surface area is 107 Å². The normalized spacial score (nSPS) is 10.1. The largest absolute Gasteiger partial charge is 0.491 e. The van der Waals surface area contributed by atoms with Gasteiger partial charge in [-0.25, -0.2) is 9.97 Å². The minimum atomic E-state index is 0.605. The minimum Gasteiger partial charge on any atom is -0.491 e. The summed E-state index contributed by atoms with van der Waals surface area (Å²) in [6, 6.07) is 9.90. The van der Waals surface area contributed by atoms with Crippen LogP contribution in [-0.4, -0.2) is 23.1 Å². The maximum absolute atomic E-state index is 5.68. The van der Waals surface area contributed by atoms with Crippen molar-refractivity contribution in [1.29, 1.82) is 0 Å².